The van der Waals surface area contributed by atoms with Gasteiger partial charge in [0.2, 0.25) is 0 Å². The van der Waals surface area contributed by atoms with Gasteiger partial charge in [-0.3, -0.25) is 0 Å². The Hall–Kier alpha value is -1.78. The van der Waals surface area contributed by atoms with Crippen LogP contribution in [-0.4, -0.2) is 16.6 Å². The summed E-state index contributed by atoms with van der Waals surface area (Å²) >= 11 is 0. The van der Waals surface area contributed by atoms with Gasteiger partial charge in [-0.15, -0.1) is 5.10 Å². The molecule has 2 rings (SSSR count). The molecule has 0 bridgehead atoms. The SMILES string of the molecule is N=NN=C1CC2CCC=CC2=CC1=NO. The van der Waals surface area contributed by atoms with Crippen LogP contribution in [0.3, 0.4) is 0 Å². The average molecular weight is 204 g/mol. The van der Waals surface area contributed by atoms with E-state index in [-0.39, 0.29) is 0 Å². The van der Waals surface area contributed by atoms with Gasteiger partial charge in [0, 0.05) is 6.42 Å². The molecule has 0 spiro atoms. The summed E-state index contributed by atoms with van der Waals surface area (Å²) in [7, 11) is 0. The first-order valence-corrected chi connectivity index (χ1v) is 4.89. The third-order valence-corrected chi connectivity index (χ3v) is 2.78. The molecule has 0 amide bonds. The van der Waals surface area contributed by atoms with Crippen LogP contribution in [0.25, 0.3) is 0 Å². The molecule has 0 saturated carbocycles. The number of nitrogens with one attached hydrogen (secondary N) is 1. The Kier molecular flexibility index (Phi) is 2.71. The van der Waals surface area contributed by atoms with E-state index in [2.05, 4.69) is 27.6 Å². The van der Waals surface area contributed by atoms with E-state index in [1.807, 2.05) is 6.08 Å². The molecular formula is C10H12N4O. The molecule has 2 N–H and O–H groups in total. The summed E-state index contributed by atoms with van der Waals surface area (Å²) in [6, 6.07) is 0. The minimum Gasteiger partial charge on any atom is -0.410 e. The second-order valence-corrected chi connectivity index (χ2v) is 3.66. The van der Waals surface area contributed by atoms with Crippen LogP contribution in [0.2, 0.25) is 0 Å². The van der Waals surface area contributed by atoms with Crippen LogP contribution < -0.4 is 0 Å². The Balaban J connectivity index is 2.37. The standard InChI is InChI=1S/C10H12N4O/c11-14-12-9-5-7-3-1-2-4-8(7)6-10(9)13-15/h2,4,6-7,11,15H,1,3,5H2. The van der Waals surface area contributed by atoms with Gasteiger partial charge < -0.3 is 5.21 Å². The summed E-state index contributed by atoms with van der Waals surface area (Å²) in [6.45, 7) is 0. The van der Waals surface area contributed by atoms with E-state index in [0.29, 0.717) is 23.8 Å². The van der Waals surface area contributed by atoms with Gasteiger partial charge in [0.25, 0.3) is 0 Å². The molecule has 1 atom stereocenters. The maximum Gasteiger partial charge on any atom is 0.126 e. The van der Waals surface area contributed by atoms with E-state index in [9.17, 15) is 0 Å². The Morgan fingerprint density at radius 3 is 3.07 bits per heavy atom. The first-order chi connectivity index (χ1) is 7.35. The molecule has 0 radical (unpaired) electrons. The van der Waals surface area contributed by atoms with Crippen molar-refractivity contribution in [2.24, 2.45) is 21.4 Å². The predicted octanol–water partition coefficient (Wildman–Crippen LogP) is 2.50. The maximum atomic E-state index is 8.81. The summed E-state index contributed by atoms with van der Waals surface area (Å²) < 4.78 is 0. The van der Waals surface area contributed by atoms with E-state index in [1.165, 1.54) is 5.57 Å². The van der Waals surface area contributed by atoms with E-state index in [0.717, 1.165) is 12.8 Å². The zero-order valence-corrected chi connectivity index (χ0v) is 8.22. The Labute approximate surface area is 87.4 Å². The molecule has 5 heteroatoms. The Morgan fingerprint density at radius 2 is 2.33 bits per heavy atom. The number of oxime groups is 1. The third-order valence-electron chi connectivity index (χ3n) is 2.78. The molecule has 2 aliphatic carbocycles. The van der Waals surface area contributed by atoms with E-state index in [4.69, 9.17) is 10.7 Å². The molecule has 0 aromatic carbocycles. The molecule has 0 aromatic rings. The van der Waals surface area contributed by atoms with Crippen molar-refractivity contribution in [3.05, 3.63) is 23.8 Å². The molecule has 1 unspecified atom stereocenters. The van der Waals surface area contributed by atoms with Crippen LogP contribution in [-0.2, 0) is 0 Å². The molecule has 15 heavy (non-hydrogen) atoms. The van der Waals surface area contributed by atoms with Crippen molar-refractivity contribution >= 4 is 11.4 Å². The molecule has 78 valence electrons. The summed E-state index contributed by atoms with van der Waals surface area (Å²) in [5.74, 6) is 0.431. The lowest BCUT2D eigenvalue weighted by molar-refractivity contribution is 0.320. The van der Waals surface area contributed by atoms with Crippen LogP contribution in [0.4, 0.5) is 0 Å². The molecule has 0 fully saturated rings. The van der Waals surface area contributed by atoms with Crippen molar-refractivity contribution in [2.75, 3.05) is 0 Å². The predicted molar refractivity (Wildman–Crippen MR) is 56.4 cm³/mol. The minimum absolute atomic E-state index is 0.420. The van der Waals surface area contributed by atoms with Crippen molar-refractivity contribution in [1.29, 1.82) is 5.53 Å². The van der Waals surface area contributed by atoms with Gasteiger partial charge in [-0.25, -0.2) is 0 Å². The zero-order chi connectivity index (χ0) is 10.7. The summed E-state index contributed by atoms with van der Waals surface area (Å²) in [5.41, 5.74) is 8.90. The lowest BCUT2D eigenvalue weighted by Crippen LogP contribution is -2.24. The molecular weight excluding hydrogens is 192 g/mol. The first-order valence-electron chi connectivity index (χ1n) is 4.89. The van der Waals surface area contributed by atoms with Gasteiger partial charge in [0.05, 0.1) is 5.71 Å². The summed E-state index contributed by atoms with van der Waals surface area (Å²) in [6.07, 6.45) is 8.85. The van der Waals surface area contributed by atoms with Crippen LogP contribution in [0.1, 0.15) is 19.3 Å². The smallest absolute Gasteiger partial charge is 0.126 e. The monoisotopic (exact) mass is 204 g/mol. The molecule has 0 aromatic heterocycles. The van der Waals surface area contributed by atoms with Crippen LogP contribution >= 0.6 is 0 Å². The van der Waals surface area contributed by atoms with Gasteiger partial charge in [-0.05, 0) is 30.4 Å². The maximum absolute atomic E-state index is 8.81. The number of fused-ring (bicyclic) bond motifs is 1. The second-order valence-electron chi connectivity index (χ2n) is 3.66. The Bertz CT molecular complexity index is 392. The number of hydrogen-bond donors (Lipinski definition) is 2. The van der Waals surface area contributed by atoms with Gasteiger partial charge in [0.1, 0.15) is 5.71 Å². The van der Waals surface area contributed by atoms with Crippen molar-refractivity contribution < 1.29 is 5.21 Å². The third kappa shape index (κ3) is 1.86. The fourth-order valence-electron chi connectivity index (χ4n) is 2.02. The van der Waals surface area contributed by atoms with Gasteiger partial charge >= 0.3 is 0 Å². The normalized spacial score (nSPS) is 30.1. The number of rotatable bonds is 1. The quantitative estimate of drug-likeness (QED) is 0.384. The van der Waals surface area contributed by atoms with E-state index in [1.54, 1.807) is 0 Å². The fraction of sp³-hybridized carbons (Fsp3) is 0.400. The second kappa shape index (κ2) is 4.16. The van der Waals surface area contributed by atoms with Crippen LogP contribution in [0.5, 0.6) is 0 Å². The summed E-state index contributed by atoms with van der Waals surface area (Å²) in [5, 5.41) is 18.7. The zero-order valence-electron chi connectivity index (χ0n) is 8.22. The van der Waals surface area contributed by atoms with Gasteiger partial charge in [-0.1, -0.05) is 22.5 Å². The minimum atomic E-state index is 0.420. The van der Waals surface area contributed by atoms with Gasteiger partial charge in [0.15, 0.2) is 0 Å². The largest absolute Gasteiger partial charge is 0.410 e. The number of allylic oxidation sites excluding steroid dienone is 4. The highest BCUT2D eigenvalue weighted by Gasteiger charge is 2.25. The highest BCUT2D eigenvalue weighted by Crippen LogP contribution is 2.31. The molecule has 2 aliphatic rings. The van der Waals surface area contributed by atoms with Crippen molar-refractivity contribution in [2.45, 2.75) is 19.3 Å². The molecule has 0 aliphatic heterocycles. The number of nitrogens with zero attached hydrogens (tertiary/aromatic N) is 3. The Morgan fingerprint density at radius 1 is 1.47 bits per heavy atom. The topological polar surface area (TPSA) is 81.2 Å². The van der Waals surface area contributed by atoms with Crippen molar-refractivity contribution in [3.63, 3.8) is 0 Å². The van der Waals surface area contributed by atoms with Crippen LogP contribution in [0.15, 0.2) is 39.3 Å². The average Bonchev–Trinajstić information content (AvgIpc) is 2.28. The first kappa shape index (κ1) is 9.76. The molecule has 5 nitrogen and oxygen atoms in total. The van der Waals surface area contributed by atoms with Crippen LogP contribution in [0, 0.1) is 11.4 Å². The van der Waals surface area contributed by atoms with Gasteiger partial charge in [-0.2, -0.15) is 5.53 Å². The summed E-state index contributed by atoms with van der Waals surface area (Å²) in [4.78, 5) is 0. The molecule has 0 heterocycles. The fourth-order valence-corrected chi connectivity index (χ4v) is 2.02. The molecule has 0 saturated heterocycles. The van der Waals surface area contributed by atoms with Crippen molar-refractivity contribution in [1.82, 2.24) is 0 Å². The lowest BCUT2D eigenvalue weighted by Gasteiger charge is -2.25. The highest BCUT2D eigenvalue weighted by molar-refractivity contribution is 6.47. The number of hydrogen-bond acceptors (Lipinski definition) is 4. The van der Waals surface area contributed by atoms with Crippen molar-refractivity contribution in [3.8, 4) is 0 Å². The highest BCUT2D eigenvalue weighted by atomic mass is 16.4. The van der Waals surface area contributed by atoms with E-state index < -0.39 is 0 Å². The van der Waals surface area contributed by atoms with E-state index >= 15 is 0 Å². The lowest BCUT2D eigenvalue weighted by atomic mass is 9.80.